The van der Waals surface area contributed by atoms with Gasteiger partial charge in [0, 0.05) is 16.8 Å². The van der Waals surface area contributed by atoms with E-state index < -0.39 is 0 Å². The molecule has 0 N–H and O–H groups in total. The number of rotatable bonds is 3. The van der Waals surface area contributed by atoms with E-state index in [-0.39, 0.29) is 0 Å². The lowest BCUT2D eigenvalue weighted by Gasteiger charge is -2.13. The largest absolute Gasteiger partial charge is 0.233 e. The number of hydrogen-bond acceptors (Lipinski definition) is 2. The van der Waals surface area contributed by atoms with E-state index in [1.807, 2.05) is 19.1 Å². The maximum atomic E-state index is 6.32. The third-order valence-corrected chi connectivity index (χ3v) is 3.59. The molecule has 0 unspecified atom stereocenters. The second-order valence-electron chi connectivity index (χ2n) is 5.00. The zero-order valence-electron chi connectivity index (χ0n) is 11.9. The molecule has 1 aromatic heterocycles. The Labute approximate surface area is 119 Å². The van der Waals surface area contributed by atoms with Gasteiger partial charge in [-0.05, 0) is 24.8 Å². The Balaban J connectivity index is 2.59. The number of benzene rings is 1. The van der Waals surface area contributed by atoms with Crippen LogP contribution in [0.3, 0.4) is 0 Å². The van der Waals surface area contributed by atoms with E-state index in [1.165, 1.54) is 5.56 Å². The molecule has 0 saturated heterocycles. The molecule has 0 aliphatic heterocycles. The van der Waals surface area contributed by atoms with Gasteiger partial charge in [0.15, 0.2) is 5.82 Å². The Morgan fingerprint density at radius 3 is 2.42 bits per heavy atom. The monoisotopic (exact) mass is 274 g/mol. The SMILES string of the molecule is CCc1ccccc1-c1nc(C)c(C(C)C)c(Cl)n1. The summed E-state index contributed by atoms with van der Waals surface area (Å²) < 4.78 is 0. The normalized spacial score (nSPS) is 11.1. The van der Waals surface area contributed by atoms with Crippen molar-refractivity contribution >= 4 is 11.6 Å². The minimum absolute atomic E-state index is 0.336. The van der Waals surface area contributed by atoms with Crippen molar-refractivity contribution in [1.29, 1.82) is 0 Å². The fourth-order valence-electron chi connectivity index (χ4n) is 2.37. The average molecular weight is 275 g/mol. The van der Waals surface area contributed by atoms with Crippen molar-refractivity contribution < 1.29 is 0 Å². The number of hydrogen-bond donors (Lipinski definition) is 0. The molecule has 2 aromatic rings. The van der Waals surface area contributed by atoms with Crippen molar-refractivity contribution in [2.24, 2.45) is 0 Å². The average Bonchev–Trinajstić information content (AvgIpc) is 2.37. The van der Waals surface area contributed by atoms with Crippen LogP contribution in [-0.2, 0) is 6.42 Å². The predicted molar refractivity (Wildman–Crippen MR) is 80.7 cm³/mol. The van der Waals surface area contributed by atoms with Crippen molar-refractivity contribution in [3.05, 3.63) is 46.2 Å². The molecule has 0 saturated carbocycles. The lowest BCUT2D eigenvalue weighted by Crippen LogP contribution is -2.03. The van der Waals surface area contributed by atoms with Crippen molar-refractivity contribution in [3.8, 4) is 11.4 Å². The summed E-state index contributed by atoms with van der Waals surface area (Å²) in [5, 5.41) is 0.573. The summed E-state index contributed by atoms with van der Waals surface area (Å²) in [6.45, 7) is 8.35. The van der Waals surface area contributed by atoms with Crippen LogP contribution in [0.25, 0.3) is 11.4 Å². The highest BCUT2D eigenvalue weighted by molar-refractivity contribution is 6.30. The zero-order valence-corrected chi connectivity index (χ0v) is 12.6. The van der Waals surface area contributed by atoms with Crippen LogP contribution in [0.2, 0.25) is 5.15 Å². The van der Waals surface area contributed by atoms with E-state index in [4.69, 9.17) is 11.6 Å². The molecule has 0 radical (unpaired) electrons. The first-order chi connectivity index (χ1) is 9.04. The molecule has 0 spiro atoms. The van der Waals surface area contributed by atoms with Gasteiger partial charge in [-0.2, -0.15) is 0 Å². The molecule has 1 aromatic carbocycles. The van der Waals surface area contributed by atoms with Crippen LogP contribution < -0.4 is 0 Å². The highest BCUT2D eigenvalue weighted by atomic mass is 35.5. The van der Waals surface area contributed by atoms with E-state index in [1.54, 1.807) is 0 Å². The highest BCUT2D eigenvalue weighted by Crippen LogP contribution is 2.29. The predicted octanol–water partition coefficient (Wildman–Crippen LogP) is 4.79. The smallest absolute Gasteiger partial charge is 0.161 e. The number of nitrogens with zero attached hydrogens (tertiary/aromatic N) is 2. The van der Waals surface area contributed by atoms with Gasteiger partial charge in [-0.25, -0.2) is 9.97 Å². The summed E-state index contributed by atoms with van der Waals surface area (Å²) in [4.78, 5) is 9.13. The minimum Gasteiger partial charge on any atom is -0.233 e. The molecule has 0 amide bonds. The summed E-state index contributed by atoms with van der Waals surface area (Å²) in [5.74, 6) is 1.06. The fourth-order valence-corrected chi connectivity index (χ4v) is 2.80. The molecular weight excluding hydrogens is 256 g/mol. The Hall–Kier alpha value is -1.41. The molecule has 0 fully saturated rings. The van der Waals surface area contributed by atoms with Gasteiger partial charge in [0.1, 0.15) is 5.15 Å². The van der Waals surface area contributed by atoms with Crippen LogP contribution in [-0.4, -0.2) is 9.97 Å². The van der Waals surface area contributed by atoms with Crippen molar-refractivity contribution in [3.63, 3.8) is 0 Å². The lowest BCUT2D eigenvalue weighted by molar-refractivity contribution is 0.831. The Morgan fingerprint density at radius 2 is 1.84 bits per heavy atom. The third kappa shape index (κ3) is 2.79. The molecule has 0 aliphatic rings. The quantitative estimate of drug-likeness (QED) is 0.752. The summed E-state index contributed by atoms with van der Waals surface area (Å²) >= 11 is 6.32. The number of aryl methyl sites for hydroxylation is 2. The van der Waals surface area contributed by atoms with Gasteiger partial charge in [-0.15, -0.1) is 0 Å². The van der Waals surface area contributed by atoms with Gasteiger partial charge in [0.05, 0.1) is 0 Å². The summed E-state index contributed by atoms with van der Waals surface area (Å²) in [6.07, 6.45) is 0.960. The minimum atomic E-state index is 0.336. The van der Waals surface area contributed by atoms with Crippen LogP contribution in [0.4, 0.5) is 0 Å². The van der Waals surface area contributed by atoms with E-state index in [0.29, 0.717) is 11.1 Å². The maximum Gasteiger partial charge on any atom is 0.161 e. The molecule has 100 valence electrons. The first-order valence-electron chi connectivity index (χ1n) is 6.66. The molecule has 3 heteroatoms. The molecule has 2 nitrogen and oxygen atoms in total. The summed E-state index contributed by atoms with van der Waals surface area (Å²) in [7, 11) is 0. The second kappa shape index (κ2) is 5.70. The lowest BCUT2D eigenvalue weighted by atomic mass is 10.0. The Kier molecular flexibility index (Phi) is 4.20. The standard InChI is InChI=1S/C16H19ClN2/c1-5-12-8-6-7-9-13(12)16-18-11(4)14(10(2)3)15(17)19-16/h6-10H,5H2,1-4H3. The van der Waals surface area contributed by atoms with E-state index in [2.05, 4.69) is 42.9 Å². The van der Waals surface area contributed by atoms with Gasteiger partial charge in [0.2, 0.25) is 0 Å². The van der Waals surface area contributed by atoms with Crippen LogP contribution >= 0.6 is 11.6 Å². The van der Waals surface area contributed by atoms with Crippen molar-refractivity contribution in [1.82, 2.24) is 9.97 Å². The first-order valence-corrected chi connectivity index (χ1v) is 7.04. The molecule has 1 heterocycles. The number of aromatic nitrogens is 2. The van der Waals surface area contributed by atoms with E-state index in [9.17, 15) is 0 Å². The van der Waals surface area contributed by atoms with Gasteiger partial charge < -0.3 is 0 Å². The highest BCUT2D eigenvalue weighted by Gasteiger charge is 2.15. The topological polar surface area (TPSA) is 25.8 Å². The second-order valence-corrected chi connectivity index (χ2v) is 5.36. The molecule has 0 atom stereocenters. The van der Waals surface area contributed by atoms with Gasteiger partial charge in [-0.3, -0.25) is 0 Å². The van der Waals surface area contributed by atoms with Crippen LogP contribution in [0.1, 0.15) is 43.5 Å². The number of halogens is 1. The Bertz CT molecular complexity index is 568. The first kappa shape index (κ1) is 14.0. The molecule has 0 bridgehead atoms. The van der Waals surface area contributed by atoms with E-state index >= 15 is 0 Å². The van der Waals surface area contributed by atoms with Crippen LogP contribution in [0.15, 0.2) is 24.3 Å². The van der Waals surface area contributed by atoms with Gasteiger partial charge in [0.25, 0.3) is 0 Å². The Morgan fingerprint density at radius 1 is 1.16 bits per heavy atom. The summed E-state index contributed by atoms with van der Waals surface area (Å²) in [6, 6.07) is 8.22. The molecule has 19 heavy (non-hydrogen) atoms. The van der Waals surface area contributed by atoms with Gasteiger partial charge in [-0.1, -0.05) is 56.6 Å². The molecule has 0 aliphatic carbocycles. The van der Waals surface area contributed by atoms with Crippen molar-refractivity contribution in [2.75, 3.05) is 0 Å². The zero-order chi connectivity index (χ0) is 14.0. The fraction of sp³-hybridized carbons (Fsp3) is 0.375. The van der Waals surface area contributed by atoms with Crippen LogP contribution in [0.5, 0.6) is 0 Å². The van der Waals surface area contributed by atoms with Crippen molar-refractivity contribution in [2.45, 2.75) is 40.0 Å². The van der Waals surface area contributed by atoms with Crippen LogP contribution in [0, 0.1) is 6.92 Å². The van der Waals surface area contributed by atoms with E-state index in [0.717, 1.165) is 29.1 Å². The third-order valence-electron chi connectivity index (χ3n) is 3.31. The van der Waals surface area contributed by atoms with Gasteiger partial charge >= 0.3 is 0 Å². The summed E-state index contributed by atoms with van der Waals surface area (Å²) in [5.41, 5.74) is 4.33. The maximum absolute atomic E-state index is 6.32. The molecular formula is C16H19ClN2. The molecule has 2 rings (SSSR count).